The van der Waals surface area contributed by atoms with Gasteiger partial charge in [-0.3, -0.25) is 0 Å². The van der Waals surface area contributed by atoms with Crippen molar-refractivity contribution in [3.8, 4) is 33.4 Å². The van der Waals surface area contributed by atoms with E-state index >= 15 is 0 Å². The molecule has 0 aliphatic carbocycles. The fraction of sp³-hybridized carbons (Fsp3) is 0. The normalized spacial score (nSPS) is 20.5. The van der Waals surface area contributed by atoms with E-state index in [0.717, 1.165) is 0 Å². The molecule has 0 saturated carbocycles. The molecule has 0 nitrogen and oxygen atoms in total. The van der Waals surface area contributed by atoms with Crippen LogP contribution in [0.5, 0.6) is 0 Å². The lowest BCUT2D eigenvalue weighted by Gasteiger charge is -2.19. The lowest BCUT2D eigenvalue weighted by atomic mass is 9.84. The summed E-state index contributed by atoms with van der Waals surface area (Å²) < 4.78 is 252. The third-order valence-corrected chi connectivity index (χ3v) is 7.19. The second-order valence-electron chi connectivity index (χ2n) is 9.50. The Balaban J connectivity index is 1.63. The minimum Gasteiger partial charge on any atom is -0.0616 e. The second kappa shape index (κ2) is 9.93. The number of benzene rings is 9. The van der Waals surface area contributed by atoms with Crippen LogP contribution < -0.4 is 0 Å². The van der Waals surface area contributed by atoms with Gasteiger partial charge in [-0.2, -0.15) is 0 Å². The van der Waals surface area contributed by atoms with E-state index in [9.17, 15) is 15.1 Å². The minimum atomic E-state index is -1.11. The molecule has 0 aromatic heterocycles. The molecule has 0 fully saturated rings. The van der Waals surface area contributed by atoms with Gasteiger partial charge in [-0.25, -0.2) is 0 Å². The predicted octanol–water partition coefficient (Wildman–Crippen LogP) is 12.5. The van der Waals surface area contributed by atoms with Crippen molar-refractivity contribution in [2.45, 2.75) is 0 Å². The second-order valence-corrected chi connectivity index (χ2v) is 9.50. The molecule has 0 atom stereocenters. The van der Waals surface area contributed by atoms with E-state index in [-0.39, 0.29) is 0 Å². The summed E-state index contributed by atoms with van der Waals surface area (Å²) in [4.78, 5) is 0. The molecule has 0 radical (unpaired) electrons. The highest BCUT2D eigenvalue weighted by molar-refractivity contribution is 6.23. The number of hydrogen-bond acceptors (Lipinski definition) is 0. The highest BCUT2D eigenvalue weighted by atomic mass is 14.2. The molecule has 0 amide bonds. The lowest BCUT2D eigenvalue weighted by molar-refractivity contribution is 1.64. The van der Waals surface area contributed by atoms with Crippen LogP contribution in [0.4, 0.5) is 0 Å². The Bertz CT molecular complexity index is 4030. The van der Waals surface area contributed by atoms with Gasteiger partial charge in [0.15, 0.2) is 0 Å². The van der Waals surface area contributed by atoms with Gasteiger partial charge in [-0.05, 0) is 93.3 Å². The molecule has 204 valence electrons. The average Bonchev–Trinajstić information content (AvgIpc) is 3.35. The quantitative estimate of drug-likeness (QED) is 0.143. The molecule has 0 heterocycles. The molecule has 9 aromatic carbocycles. The summed E-state index contributed by atoms with van der Waals surface area (Å²) in [5.74, 6) is 0. The van der Waals surface area contributed by atoms with E-state index in [4.69, 9.17) is 23.3 Å². The van der Waals surface area contributed by atoms with Crippen LogP contribution in [0.15, 0.2) is 169 Å². The smallest absolute Gasteiger partial charge is 0.0616 e. The van der Waals surface area contributed by atoms with E-state index in [2.05, 4.69) is 0 Å². The standard InChI is InChI=1S/C44H28/c1-4-18-34-29(12-1)14-10-25-38(34)44-41-21-7-5-19-39(41)43(40-20-6-8-22-42(40)44)32-16-9-15-31(28-32)35-23-11-24-36-33-17-3-2-13-30(33)26-27-37(35)36/h1-28H/i1D,2D,3D,4D,5D,6D,7D,8D,9D,10D,11D,12D,13D,14D,15D,16D,17D,18D,19D,20D,21D,22D,23D,24D,25D,26D,27D,28D. The van der Waals surface area contributed by atoms with Crippen molar-refractivity contribution in [2.24, 2.45) is 0 Å². The number of hydrogen-bond donors (Lipinski definition) is 0. The van der Waals surface area contributed by atoms with Crippen LogP contribution in [0.2, 0.25) is 0 Å². The van der Waals surface area contributed by atoms with Crippen LogP contribution in [0.3, 0.4) is 0 Å². The topological polar surface area (TPSA) is 0 Å². The first-order chi connectivity index (χ1) is 33.5. The molecular weight excluding hydrogens is 528 g/mol. The maximum absolute atomic E-state index is 9.93. The predicted molar refractivity (Wildman–Crippen MR) is 190 cm³/mol. The molecule has 0 heteroatoms. The third-order valence-electron chi connectivity index (χ3n) is 7.19. The summed E-state index contributed by atoms with van der Waals surface area (Å²) >= 11 is 0. The molecule has 0 N–H and O–H groups in total. The van der Waals surface area contributed by atoms with Crippen molar-refractivity contribution in [1.29, 1.82) is 0 Å². The molecule has 0 aliphatic heterocycles. The molecule has 0 aliphatic rings. The summed E-state index contributed by atoms with van der Waals surface area (Å²) in [5.41, 5.74) is -4.87. The monoisotopic (exact) mass is 584 g/mol. The van der Waals surface area contributed by atoms with Gasteiger partial charge in [-0.1, -0.05) is 163 Å². The zero-order valence-electron chi connectivity index (χ0n) is 50.0. The van der Waals surface area contributed by atoms with Gasteiger partial charge in [0.2, 0.25) is 0 Å². The summed E-state index contributed by atoms with van der Waals surface area (Å²) in [6, 6.07) is -26.9. The van der Waals surface area contributed by atoms with Crippen molar-refractivity contribution >= 4 is 53.9 Å². The Kier molecular flexibility index (Phi) is 2.18. The van der Waals surface area contributed by atoms with E-state index in [1.54, 1.807) is 0 Å². The van der Waals surface area contributed by atoms with Gasteiger partial charge in [0, 0.05) is 0 Å². The maximum atomic E-state index is 9.93. The van der Waals surface area contributed by atoms with Crippen molar-refractivity contribution < 1.29 is 38.4 Å². The first kappa shape index (κ1) is 9.64. The fourth-order valence-corrected chi connectivity index (χ4v) is 5.34. The van der Waals surface area contributed by atoms with Crippen LogP contribution >= 0.6 is 0 Å². The Morgan fingerprint density at radius 3 is 1.48 bits per heavy atom. The molecule has 0 bridgehead atoms. The molecule has 9 rings (SSSR count). The van der Waals surface area contributed by atoms with Gasteiger partial charge in [0.05, 0.1) is 38.4 Å². The zero-order chi connectivity index (χ0) is 53.4. The van der Waals surface area contributed by atoms with E-state index in [0.29, 0.717) is 0 Å². The summed E-state index contributed by atoms with van der Waals surface area (Å²) in [5, 5.41) is -6.76. The average molecular weight is 585 g/mol. The molecule has 0 unspecified atom stereocenters. The first-order valence-electron chi connectivity index (χ1n) is 27.0. The van der Waals surface area contributed by atoms with E-state index in [1.807, 2.05) is 0 Å². The van der Waals surface area contributed by atoms with Crippen molar-refractivity contribution in [3.63, 3.8) is 0 Å². The van der Waals surface area contributed by atoms with Gasteiger partial charge in [-0.15, -0.1) is 0 Å². The number of fused-ring (bicyclic) bond motifs is 6. The highest BCUT2D eigenvalue weighted by Gasteiger charge is 2.18. The molecule has 0 saturated heterocycles. The van der Waals surface area contributed by atoms with E-state index < -0.39 is 256 Å². The minimum absolute atomic E-state index is 0.543. The van der Waals surface area contributed by atoms with Crippen LogP contribution in [0.1, 0.15) is 38.4 Å². The van der Waals surface area contributed by atoms with Crippen molar-refractivity contribution in [1.82, 2.24) is 0 Å². The Labute approximate surface area is 295 Å². The molecule has 0 spiro atoms. The maximum Gasteiger partial charge on any atom is 0.0636 e. The summed E-state index contributed by atoms with van der Waals surface area (Å²) in [6.07, 6.45) is 0. The Morgan fingerprint density at radius 1 is 0.273 bits per heavy atom. The lowest BCUT2D eigenvalue weighted by Crippen LogP contribution is -1.92. The Morgan fingerprint density at radius 2 is 0.750 bits per heavy atom. The van der Waals surface area contributed by atoms with Crippen LogP contribution in [0.25, 0.3) is 87.2 Å². The van der Waals surface area contributed by atoms with Crippen LogP contribution in [-0.2, 0) is 0 Å². The van der Waals surface area contributed by atoms with E-state index in [1.165, 1.54) is 0 Å². The largest absolute Gasteiger partial charge is 0.0636 e. The molecule has 44 heavy (non-hydrogen) atoms. The zero-order valence-corrected chi connectivity index (χ0v) is 22.0. The first-order valence-corrected chi connectivity index (χ1v) is 13.0. The SMILES string of the molecule is [2H]c1c([2H])c(-c2c3c([2H])c([2H])c([2H])c([2H])c3c(-c3c([2H])c([2H])c([2H])c4c([2H])c([2H])c([2H])c([2H])c34)c3c([2H])c([2H])c([2H])c([2H])c23)c([2H])c(-c2c([2H])c([2H])c([2H])c3c2c([2H])c([2H])c2c([2H])c([2H])c([2H])c([2H])c23)c1[2H]. The Hall–Kier alpha value is -5.72. The van der Waals surface area contributed by atoms with Crippen LogP contribution in [-0.4, -0.2) is 0 Å². The third kappa shape index (κ3) is 3.78. The fourth-order valence-electron chi connectivity index (χ4n) is 5.34. The van der Waals surface area contributed by atoms with Gasteiger partial charge in [0.1, 0.15) is 0 Å². The summed E-state index contributed by atoms with van der Waals surface area (Å²) in [6.45, 7) is 0. The van der Waals surface area contributed by atoms with Gasteiger partial charge < -0.3 is 0 Å². The molecular formula is C44H28. The van der Waals surface area contributed by atoms with Crippen molar-refractivity contribution in [3.05, 3.63) is 169 Å². The highest BCUT2D eigenvalue weighted by Crippen LogP contribution is 2.46. The number of rotatable bonds is 3. The molecule has 9 aromatic rings. The summed E-state index contributed by atoms with van der Waals surface area (Å²) in [7, 11) is 0. The van der Waals surface area contributed by atoms with Crippen LogP contribution in [0, 0.1) is 0 Å². The van der Waals surface area contributed by atoms with Crippen molar-refractivity contribution in [2.75, 3.05) is 0 Å². The van der Waals surface area contributed by atoms with Gasteiger partial charge in [0.25, 0.3) is 0 Å². The van der Waals surface area contributed by atoms with Gasteiger partial charge >= 0.3 is 0 Å².